The predicted octanol–water partition coefficient (Wildman–Crippen LogP) is 4.92. The molecule has 3 aliphatic carbocycles. The van der Waals surface area contributed by atoms with Crippen molar-refractivity contribution in [1.29, 1.82) is 0 Å². The second-order valence-electron chi connectivity index (χ2n) is 10.3. The summed E-state index contributed by atoms with van der Waals surface area (Å²) in [5.74, 6) is 1.15. The number of aryl methyl sites for hydroxylation is 1. The average Bonchev–Trinajstić information content (AvgIpc) is 2.99. The lowest BCUT2D eigenvalue weighted by Crippen LogP contribution is -2.52. The molecular formula is C25H37NO2. The van der Waals surface area contributed by atoms with E-state index in [-0.39, 0.29) is 23.0 Å². The standard InChI is InChI=1S/C25H37NO2/c1-17-6-9-21-23(28)22(11-13-24(17,21)2)25(3)12-10-20(27)15-19(25)8-7-18-5-4-14-26-16-18/h4-5,14,16,19-23,27-28H,1,6-13,15H2,2-3H3. The third-order valence-electron chi connectivity index (χ3n) is 9.04. The molecule has 0 spiro atoms. The molecule has 0 aliphatic heterocycles. The Labute approximate surface area is 170 Å². The summed E-state index contributed by atoms with van der Waals surface area (Å²) in [4.78, 5) is 4.26. The van der Waals surface area contributed by atoms with Gasteiger partial charge in [-0.1, -0.05) is 32.1 Å². The third-order valence-corrected chi connectivity index (χ3v) is 9.04. The smallest absolute Gasteiger partial charge is 0.0610 e. The van der Waals surface area contributed by atoms with Crippen LogP contribution in [0.2, 0.25) is 0 Å². The molecule has 1 aromatic heterocycles. The number of hydrogen-bond acceptors (Lipinski definition) is 3. The van der Waals surface area contributed by atoms with Gasteiger partial charge in [0.1, 0.15) is 0 Å². The van der Waals surface area contributed by atoms with E-state index in [0.717, 1.165) is 57.8 Å². The number of pyridine rings is 1. The van der Waals surface area contributed by atoms with Gasteiger partial charge >= 0.3 is 0 Å². The molecule has 0 bridgehead atoms. The van der Waals surface area contributed by atoms with E-state index in [1.54, 1.807) is 0 Å². The van der Waals surface area contributed by atoms with E-state index >= 15 is 0 Å². The van der Waals surface area contributed by atoms with Crippen LogP contribution in [0.4, 0.5) is 0 Å². The van der Waals surface area contributed by atoms with Gasteiger partial charge in [0.25, 0.3) is 0 Å². The Kier molecular flexibility index (Phi) is 5.43. The highest BCUT2D eigenvalue weighted by Crippen LogP contribution is 2.61. The van der Waals surface area contributed by atoms with E-state index in [9.17, 15) is 10.2 Å². The van der Waals surface area contributed by atoms with Gasteiger partial charge in [-0.15, -0.1) is 0 Å². The van der Waals surface area contributed by atoms with Gasteiger partial charge in [-0.3, -0.25) is 4.98 Å². The summed E-state index contributed by atoms with van der Waals surface area (Å²) in [7, 11) is 0. The van der Waals surface area contributed by atoms with Crippen molar-refractivity contribution in [3.8, 4) is 0 Å². The van der Waals surface area contributed by atoms with E-state index < -0.39 is 0 Å². The van der Waals surface area contributed by atoms with Gasteiger partial charge < -0.3 is 10.2 Å². The highest BCUT2D eigenvalue weighted by Gasteiger charge is 2.56. The number of aromatic nitrogens is 1. The van der Waals surface area contributed by atoms with Crippen molar-refractivity contribution in [2.45, 2.75) is 83.8 Å². The fraction of sp³-hybridized carbons (Fsp3) is 0.720. The van der Waals surface area contributed by atoms with Gasteiger partial charge in [0.2, 0.25) is 0 Å². The minimum atomic E-state index is -0.237. The monoisotopic (exact) mass is 383 g/mol. The maximum Gasteiger partial charge on any atom is 0.0610 e. The second kappa shape index (κ2) is 7.57. The van der Waals surface area contributed by atoms with Crippen LogP contribution in [0.5, 0.6) is 0 Å². The van der Waals surface area contributed by atoms with Gasteiger partial charge in [0.15, 0.2) is 0 Å². The topological polar surface area (TPSA) is 53.4 Å². The summed E-state index contributed by atoms with van der Waals surface area (Å²) in [5, 5.41) is 21.9. The van der Waals surface area contributed by atoms with Crippen molar-refractivity contribution in [2.75, 3.05) is 0 Å². The van der Waals surface area contributed by atoms with Crippen molar-refractivity contribution in [3.05, 3.63) is 42.2 Å². The Morgan fingerprint density at radius 2 is 1.96 bits per heavy atom. The fourth-order valence-electron chi connectivity index (χ4n) is 6.95. The molecule has 154 valence electrons. The van der Waals surface area contributed by atoms with Crippen molar-refractivity contribution in [2.24, 2.45) is 28.6 Å². The largest absolute Gasteiger partial charge is 0.393 e. The average molecular weight is 384 g/mol. The Morgan fingerprint density at radius 3 is 2.71 bits per heavy atom. The van der Waals surface area contributed by atoms with Gasteiger partial charge in [-0.05, 0) is 98.0 Å². The normalized spacial score (nSPS) is 43.7. The Bertz CT molecular complexity index is 704. The van der Waals surface area contributed by atoms with Crippen molar-refractivity contribution >= 4 is 0 Å². The van der Waals surface area contributed by atoms with E-state index in [4.69, 9.17) is 0 Å². The SMILES string of the molecule is C=C1CCC2C(O)C(C3(C)CCC(O)CC3CCc3cccnc3)CCC12C. The van der Waals surface area contributed by atoms with E-state index in [2.05, 4.69) is 31.5 Å². The molecule has 0 amide bonds. The number of hydrogen-bond donors (Lipinski definition) is 2. The lowest BCUT2D eigenvalue weighted by Gasteiger charge is -2.55. The Balaban J connectivity index is 1.54. The second-order valence-corrected chi connectivity index (χ2v) is 10.3. The molecule has 1 aromatic rings. The molecule has 3 aliphatic rings. The molecule has 28 heavy (non-hydrogen) atoms. The molecule has 3 heteroatoms. The van der Waals surface area contributed by atoms with Gasteiger partial charge in [0.05, 0.1) is 12.2 Å². The highest BCUT2D eigenvalue weighted by molar-refractivity contribution is 5.21. The van der Waals surface area contributed by atoms with Crippen LogP contribution < -0.4 is 0 Å². The van der Waals surface area contributed by atoms with Crippen LogP contribution in [0.15, 0.2) is 36.7 Å². The minimum absolute atomic E-state index is 0.103. The maximum atomic E-state index is 11.5. The van der Waals surface area contributed by atoms with Crippen LogP contribution in [-0.2, 0) is 6.42 Å². The summed E-state index contributed by atoms with van der Waals surface area (Å²) in [6.45, 7) is 9.08. The fourth-order valence-corrected chi connectivity index (χ4v) is 6.95. The lowest BCUT2D eigenvalue weighted by atomic mass is 9.51. The molecule has 1 heterocycles. The van der Waals surface area contributed by atoms with Crippen LogP contribution in [0.3, 0.4) is 0 Å². The molecule has 0 saturated heterocycles. The van der Waals surface area contributed by atoms with Crippen molar-refractivity contribution < 1.29 is 10.2 Å². The number of fused-ring (bicyclic) bond motifs is 1. The van der Waals surface area contributed by atoms with Crippen LogP contribution in [0.1, 0.15) is 70.8 Å². The van der Waals surface area contributed by atoms with Gasteiger partial charge in [-0.2, -0.15) is 0 Å². The number of nitrogens with zero attached hydrogens (tertiary/aromatic N) is 1. The molecular weight excluding hydrogens is 346 g/mol. The van der Waals surface area contributed by atoms with Crippen LogP contribution >= 0.6 is 0 Å². The summed E-state index contributed by atoms with van der Waals surface area (Å²) in [6, 6.07) is 4.15. The highest BCUT2D eigenvalue weighted by atomic mass is 16.3. The Morgan fingerprint density at radius 1 is 1.14 bits per heavy atom. The van der Waals surface area contributed by atoms with Gasteiger partial charge in [0, 0.05) is 12.4 Å². The first-order valence-electron chi connectivity index (χ1n) is 11.3. The molecule has 3 nitrogen and oxygen atoms in total. The molecule has 3 saturated carbocycles. The van der Waals surface area contributed by atoms with Crippen LogP contribution in [0, 0.1) is 28.6 Å². The maximum absolute atomic E-state index is 11.5. The van der Waals surface area contributed by atoms with Crippen molar-refractivity contribution in [3.63, 3.8) is 0 Å². The predicted molar refractivity (Wildman–Crippen MR) is 113 cm³/mol. The molecule has 3 fully saturated rings. The number of rotatable bonds is 4. The zero-order valence-corrected chi connectivity index (χ0v) is 17.6. The van der Waals surface area contributed by atoms with Gasteiger partial charge in [-0.25, -0.2) is 0 Å². The van der Waals surface area contributed by atoms with Crippen LogP contribution in [0.25, 0.3) is 0 Å². The summed E-state index contributed by atoms with van der Waals surface area (Å²) >= 11 is 0. The van der Waals surface area contributed by atoms with E-state index in [1.807, 2.05) is 18.5 Å². The molecule has 4 rings (SSSR count). The zero-order valence-electron chi connectivity index (χ0n) is 17.6. The number of aliphatic hydroxyl groups is 2. The Hall–Kier alpha value is -1.19. The molecule has 2 N–H and O–H groups in total. The van der Waals surface area contributed by atoms with E-state index in [1.165, 1.54) is 11.1 Å². The number of allylic oxidation sites excluding steroid dienone is 1. The van der Waals surface area contributed by atoms with Crippen molar-refractivity contribution in [1.82, 2.24) is 4.98 Å². The van der Waals surface area contributed by atoms with E-state index in [0.29, 0.717) is 17.8 Å². The first kappa shape index (κ1) is 20.1. The summed E-state index contributed by atoms with van der Waals surface area (Å²) in [6.07, 6.45) is 12.6. The third kappa shape index (κ3) is 3.35. The number of aliphatic hydroxyl groups excluding tert-OH is 2. The minimum Gasteiger partial charge on any atom is -0.393 e. The summed E-state index contributed by atoms with van der Waals surface area (Å²) < 4.78 is 0. The lowest BCUT2D eigenvalue weighted by molar-refractivity contribution is -0.120. The molecule has 0 radical (unpaired) electrons. The first-order chi connectivity index (χ1) is 13.3. The molecule has 0 aromatic carbocycles. The summed E-state index contributed by atoms with van der Waals surface area (Å²) in [5.41, 5.74) is 2.86. The molecule has 7 unspecified atom stereocenters. The first-order valence-corrected chi connectivity index (χ1v) is 11.3. The zero-order chi connectivity index (χ0) is 19.9. The van der Waals surface area contributed by atoms with Crippen LogP contribution in [-0.4, -0.2) is 27.4 Å². The quantitative estimate of drug-likeness (QED) is 0.725. The molecule has 7 atom stereocenters.